The first-order valence-corrected chi connectivity index (χ1v) is 7.48. The lowest BCUT2D eigenvalue weighted by Crippen LogP contribution is -2.13. The van der Waals surface area contributed by atoms with Gasteiger partial charge in [-0.25, -0.2) is 0 Å². The molecule has 0 unspecified atom stereocenters. The van der Waals surface area contributed by atoms with Crippen molar-refractivity contribution >= 4 is 21.7 Å². The summed E-state index contributed by atoms with van der Waals surface area (Å²) in [5.41, 5.74) is 1.55. The molecule has 116 valence electrons. The molecule has 0 fully saturated rings. The van der Waals surface area contributed by atoms with E-state index in [4.69, 9.17) is 14.2 Å². The van der Waals surface area contributed by atoms with Gasteiger partial charge >= 0.3 is 0 Å². The third kappa shape index (κ3) is 3.80. The molecule has 0 amide bonds. The molecule has 22 heavy (non-hydrogen) atoms. The number of hydrogen-bond acceptors (Lipinski definition) is 4. The van der Waals surface area contributed by atoms with Crippen LogP contribution in [0.5, 0.6) is 17.2 Å². The molecule has 0 aliphatic carbocycles. The highest BCUT2D eigenvalue weighted by Crippen LogP contribution is 2.27. The van der Waals surface area contributed by atoms with Crippen LogP contribution in [-0.4, -0.2) is 26.6 Å². The van der Waals surface area contributed by atoms with E-state index in [1.165, 1.54) is 7.11 Å². The van der Waals surface area contributed by atoms with E-state index < -0.39 is 0 Å². The van der Waals surface area contributed by atoms with Crippen LogP contribution in [0.25, 0.3) is 0 Å². The van der Waals surface area contributed by atoms with Crippen molar-refractivity contribution in [2.24, 2.45) is 0 Å². The number of benzene rings is 2. The van der Waals surface area contributed by atoms with E-state index in [1.807, 2.05) is 25.1 Å². The van der Waals surface area contributed by atoms with Crippen LogP contribution in [0.1, 0.15) is 15.9 Å². The Morgan fingerprint density at radius 2 is 1.77 bits per heavy atom. The lowest BCUT2D eigenvalue weighted by atomic mass is 10.1. The van der Waals surface area contributed by atoms with Crippen molar-refractivity contribution in [3.63, 3.8) is 0 Å². The molecule has 2 aromatic carbocycles. The van der Waals surface area contributed by atoms with Gasteiger partial charge in [-0.05, 0) is 58.7 Å². The molecule has 4 nitrogen and oxygen atoms in total. The molecular weight excluding hydrogens is 348 g/mol. The Balaban J connectivity index is 2.15. The SMILES string of the molecule is COc1ccc(OC)c(C(=O)COc2ccc(C)cc2Br)c1. The Kier molecular flexibility index (Phi) is 5.44. The van der Waals surface area contributed by atoms with Gasteiger partial charge in [0.2, 0.25) is 5.78 Å². The number of rotatable bonds is 6. The fourth-order valence-corrected chi connectivity index (χ4v) is 2.58. The van der Waals surface area contributed by atoms with Crippen LogP contribution in [0, 0.1) is 6.92 Å². The van der Waals surface area contributed by atoms with Gasteiger partial charge in [0.25, 0.3) is 0 Å². The highest BCUT2D eigenvalue weighted by atomic mass is 79.9. The van der Waals surface area contributed by atoms with Crippen molar-refractivity contribution < 1.29 is 19.0 Å². The quantitative estimate of drug-likeness (QED) is 0.725. The van der Waals surface area contributed by atoms with Crippen molar-refractivity contribution in [2.45, 2.75) is 6.92 Å². The monoisotopic (exact) mass is 364 g/mol. The van der Waals surface area contributed by atoms with E-state index in [9.17, 15) is 4.79 Å². The Labute approximate surface area is 138 Å². The van der Waals surface area contributed by atoms with Gasteiger partial charge in [0.1, 0.15) is 17.2 Å². The molecule has 0 spiro atoms. The predicted molar refractivity (Wildman–Crippen MR) is 88.3 cm³/mol. The maximum Gasteiger partial charge on any atom is 0.204 e. The van der Waals surface area contributed by atoms with Crippen molar-refractivity contribution in [3.05, 3.63) is 52.0 Å². The summed E-state index contributed by atoms with van der Waals surface area (Å²) >= 11 is 3.42. The average Bonchev–Trinajstić information content (AvgIpc) is 2.53. The predicted octanol–water partition coefficient (Wildman–Crippen LogP) is 4.04. The number of carbonyl (C=O) groups excluding carboxylic acids is 1. The summed E-state index contributed by atoms with van der Waals surface area (Å²) in [7, 11) is 3.08. The lowest BCUT2D eigenvalue weighted by molar-refractivity contribution is 0.0917. The number of halogens is 1. The number of carbonyl (C=O) groups is 1. The average molecular weight is 365 g/mol. The fraction of sp³-hybridized carbons (Fsp3) is 0.235. The number of hydrogen-bond donors (Lipinski definition) is 0. The normalized spacial score (nSPS) is 10.2. The summed E-state index contributed by atoms with van der Waals surface area (Å²) in [6.07, 6.45) is 0. The van der Waals surface area contributed by atoms with Crippen LogP contribution in [0.15, 0.2) is 40.9 Å². The second-order valence-corrected chi connectivity index (χ2v) is 5.57. The molecule has 2 rings (SSSR count). The van der Waals surface area contributed by atoms with Crippen LogP contribution >= 0.6 is 15.9 Å². The number of aryl methyl sites for hydroxylation is 1. The van der Waals surface area contributed by atoms with Crippen molar-refractivity contribution in [3.8, 4) is 17.2 Å². The largest absolute Gasteiger partial charge is 0.497 e. The first kappa shape index (κ1) is 16.4. The van der Waals surface area contributed by atoms with Gasteiger partial charge in [0, 0.05) is 0 Å². The molecule has 0 saturated carbocycles. The van der Waals surface area contributed by atoms with Crippen LogP contribution in [0.3, 0.4) is 0 Å². The Hall–Kier alpha value is -2.01. The topological polar surface area (TPSA) is 44.8 Å². The summed E-state index contributed by atoms with van der Waals surface area (Å²) in [6, 6.07) is 10.8. The van der Waals surface area contributed by atoms with Crippen molar-refractivity contribution in [1.29, 1.82) is 0 Å². The van der Waals surface area contributed by atoms with Gasteiger partial charge in [-0.2, -0.15) is 0 Å². The summed E-state index contributed by atoms with van der Waals surface area (Å²) < 4.78 is 16.8. The van der Waals surface area contributed by atoms with Gasteiger partial charge < -0.3 is 14.2 Å². The Bertz CT molecular complexity index is 682. The van der Waals surface area contributed by atoms with Gasteiger partial charge in [0.15, 0.2) is 6.61 Å². The third-order valence-corrected chi connectivity index (χ3v) is 3.77. The number of Topliss-reactive ketones (excluding diaryl/α,β-unsaturated/α-hetero) is 1. The maximum absolute atomic E-state index is 12.4. The second kappa shape index (κ2) is 7.31. The van der Waals surface area contributed by atoms with Crippen molar-refractivity contribution in [1.82, 2.24) is 0 Å². The maximum atomic E-state index is 12.4. The molecule has 0 radical (unpaired) electrons. The molecule has 0 bridgehead atoms. The molecular formula is C17H17BrO4. The summed E-state index contributed by atoms with van der Waals surface area (Å²) in [5.74, 6) is 1.54. The fourth-order valence-electron chi connectivity index (χ4n) is 1.98. The Morgan fingerprint density at radius 1 is 1.05 bits per heavy atom. The molecule has 0 atom stereocenters. The highest BCUT2D eigenvalue weighted by Gasteiger charge is 2.15. The Morgan fingerprint density at radius 3 is 2.41 bits per heavy atom. The molecule has 0 aliphatic rings. The first-order valence-electron chi connectivity index (χ1n) is 6.69. The van der Waals surface area contributed by atoms with E-state index >= 15 is 0 Å². The van der Waals surface area contributed by atoms with E-state index in [0.29, 0.717) is 22.8 Å². The first-order chi connectivity index (χ1) is 10.5. The lowest BCUT2D eigenvalue weighted by Gasteiger charge is -2.11. The van der Waals surface area contributed by atoms with Crippen LogP contribution in [-0.2, 0) is 0 Å². The number of methoxy groups -OCH3 is 2. The third-order valence-electron chi connectivity index (χ3n) is 3.15. The van der Waals surface area contributed by atoms with E-state index in [-0.39, 0.29) is 12.4 Å². The summed E-state index contributed by atoms with van der Waals surface area (Å²) in [4.78, 5) is 12.4. The van der Waals surface area contributed by atoms with Crippen LogP contribution < -0.4 is 14.2 Å². The zero-order valence-electron chi connectivity index (χ0n) is 12.7. The molecule has 5 heteroatoms. The minimum absolute atomic E-state index is 0.0782. The molecule has 0 N–H and O–H groups in total. The van der Waals surface area contributed by atoms with Crippen molar-refractivity contribution in [2.75, 3.05) is 20.8 Å². The number of ketones is 1. The van der Waals surface area contributed by atoms with E-state index in [1.54, 1.807) is 25.3 Å². The minimum Gasteiger partial charge on any atom is -0.497 e. The van der Waals surface area contributed by atoms with Crippen LogP contribution in [0.2, 0.25) is 0 Å². The summed E-state index contributed by atoms with van der Waals surface area (Å²) in [6.45, 7) is 1.91. The van der Waals surface area contributed by atoms with E-state index in [0.717, 1.165) is 10.0 Å². The van der Waals surface area contributed by atoms with E-state index in [2.05, 4.69) is 15.9 Å². The second-order valence-electron chi connectivity index (χ2n) is 4.71. The standard InChI is InChI=1S/C17H17BrO4/c1-11-4-6-17(14(18)8-11)22-10-15(19)13-9-12(20-2)5-7-16(13)21-3/h4-9H,10H2,1-3H3. The molecule has 0 aliphatic heterocycles. The van der Waals surface area contributed by atoms with Gasteiger partial charge in [-0.3, -0.25) is 4.79 Å². The number of ether oxygens (including phenoxy) is 3. The van der Waals surface area contributed by atoms with Gasteiger partial charge in [0.05, 0.1) is 24.3 Å². The molecule has 0 saturated heterocycles. The molecule has 2 aromatic rings. The molecule has 0 heterocycles. The minimum atomic E-state index is -0.178. The summed E-state index contributed by atoms with van der Waals surface area (Å²) in [5, 5.41) is 0. The zero-order valence-corrected chi connectivity index (χ0v) is 14.3. The van der Waals surface area contributed by atoms with Crippen LogP contribution in [0.4, 0.5) is 0 Å². The van der Waals surface area contributed by atoms with Gasteiger partial charge in [-0.1, -0.05) is 6.07 Å². The molecule has 0 aromatic heterocycles. The highest BCUT2D eigenvalue weighted by molar-refractivity contribution is 9.10. The smallest absolute Gasteiger partial charge is 0.204 e. The zero-order chi connectivity index (χ0) is 16.1. The van der Waals surface area contributed by atoms with Gasteiger partial charge in [-0.15, -0.1) is 0 Å².